The number of aliphatic hydroxyl groups excluding tert-OH is 1. The first-order valence-corrected chi connectivity index (χ1v) is 5.87. The summed E-state index contributed by atoms with van der Waals surface area (Å²) in [7, 11) is 6.14. The van der Waals surface area contributed by atoms with E-state index < -0.39 is 12.2 Å². The Morgan fingerprint density at radius 3 is 1.95 bits per heavy atom. The Balaban J connectivity index is 3.03. The Morgan fingerprint density at radius 1 is 1.00 bits per heavy atom. The van der Waals surface area contributed by atoms with E-state index in [1.54, 1.807) is 6.07 Å². The first-order valence-electron chi connectivity index (χ1n) is 5.87. The molecule has 0 aliphatic rings. The van der Waals surface area contributed by atoms with Crippen LogP contribution in [-0.4, -0.2) is 55.3 Å². The van der Waals surface area contributed by atoms with Gasteiger partial charge in [-0.05, 0) is 17.7 Å². The zero-order valence-electron chi connectivity index (χ0n) is 11.9. The number of hydrogen-bond acceptors (Lipinski definition) is 5. The number of amides is 2. The van der Waals surface area contributed by atoms with Gasteiger partial charge in [-0.15, -0.1) is 0 Å². The maximum absolute atomic E-state index is 11.6. The van der Waals surface area contributed by atoms with Gasteiger partial charge in [0.25, 0.3) is 0 Å². The molecule has 0 heterocycles. The maximum Gasteiger partial charge on any atom is 0.414 e. The highest BCUT2D eigenvalue weighted by atomic mass is 16.6. The highest BCUT2D eigenvalue weighted by Gasteiger charge is 2.16. The molecule has 0 aliphatic heterocycles. The van der Waals surface area contributed by atoms with Gasteiger partial charge in [0.1, 0.15) is 0 Å². The number of rotatable bonds is 3. The van der Waals surface area contributed by atoms with Crippen LogP contribution in [0, 0.1) is 0 Å². The fourth-order valence-electron chi connectivity index (χ4n) is 1.19. The molecule has 0 spiro atoms. The molecule has 1 aromatic rings. The standard InChI is InChI=1S/C13H18N2O5/c1-14(2)12(17)19-10-6-5-9(8-16)7-11(10)20-13(18)15(3)4/h5-7,16H,8H2,1-4H3. The van der Waals surface area contributed by atoms with Gasteiger partial charge in [-0.3, -0.25) is 0 Å². The van der Waals surface area contributed by atoms with E-state index in [0.29, 0.717) is 5.56 Å². The van der Waals surface area contributed by atoms with Crippen molar-refractivity contribution in [2.45, 2.75) is 6.61 Å². The van der Waals surface area contributed by atoms with Crippen molar-refractivity contribution in [1.82, 2.24) is 9.80 Å². The smallest absolute Gasteiger partial charge is 0.406 e. The van der Waals surface area contributed by atoms with Crippen molar-refractivity contribution >= 4 is 12.2 Å². The minimum absolute atomic E-state index is 0.0745. The monoisotopic (exact) mass is 282 g/mol. The lowest BCUT2D eigenvalue weighted by Gasteiger charge is -2.16. The Hall–Kier alpha value is -2.28. The van der Waals surface area contributed by atoms with E-state index in [4.69, 9.17) is 14.6 Å². The highest BCUT2D eigenvalue weighted by molar-refractivity contribution is 5.74. The summed E-state index contributed by atoms with van der Waals surface area (Å²) in [6, 6.07) is 4.48. The summed E-state index contributed by atoms with van der Waals surface area (Å²) in [5, 5.41) is 9.10. The van der Waals surface area contributed by atoms with E-state index in [1.165, 1.54) is 50.1 Å². The molecular weight excluding hydrogens is 264 g/mol. The number of benzene rings is 1. The third kappa shape index (κ3) is 4.13. The molecule has 0 radical (unpaired) electrons. The van der Waals surface area contributed by atoms with Crippen molar-refractivity contribution in [3.05, 3.63) is 23.8 Å². The third-order valence-corrected chi connectivity index (χ3v) is 2.32. The summed E-state index contributed by atoms with van der Waals surface area (Å²) in [5.74, 6) is 0.182. The van der Waals surface area contributed by atoms with E-state index >= 15 is 0 Å². The molecule has 0 aromatic heterocycles. The van der Waals surface area contributed by atoms with Gasteiger partial charge in [0, 0.05) is 28.2 Å². The molecule has 0 fully saturated rings. The largest absolute Gasteiger partial charge is 0.414 e. The van der Waals surface area contributed by atoms with Crippen LogP contribution in [0.25, 0.3) is 0 Å². The summed E-state index contributed by atoms with van der Waals surface area (Å²) in [5.41, 5.74) is 0.538. The zero-order valence-corrected chi connectivity index (χ0v) is 11.9. The van der Waals surface area contributed by atoms with Gasteiger partial charge in [-0.1, -0.05) is 6.07 Å². The fraction of sp³-hybridized carbons (Fsp3) is 0.385. The second-order valence-electron chi connectivity index (χ2n) is 4.46. The molecule has 2 amide bonds. The molecular formula is C13H18N2O5. The lowest BCUT2D eigenvalue weighted by atomic mass is 10.2. The Bertz CT molecular complexity index is 500. The second-order valence-corrected chi connectivity index (χ2v) is 4.46. The number of carbonyl (C=O) groups excluding carboxylic acids is 2. The van der Waals surface area contributed by atoms with Gasteiger partial charge >= 0.3 is 12.2 Å². The molecule has 0 saturated carbocycles. The van der Waals surface area contributed by atoms with Crippen LogP contribution in [0.15, 0.2) is 18.2 Å². The predicted molar refractivity (Wildman–Crippen MR) is 71.8 cm³/mol. The third-order valence-electron chi connectivity index (χ3n) is 2.32. The van der Waals surface area contributed by atoms with E-state index in [0.717, 1.165) is 0 Å². The Morgan fingerprint density at radius 2 is 1.50 bits per heavy atom. The predicted octanol–water partition coefficient (Wildman–Crippen LogP) is 1.30. The van der Waals surface area contributed by atoms with Crippen molar-refractivity contribution < 1.29 is 24.2 Å². The fourth-order valence-corrected chi connectivity index (χ4v) is 1.19. The summed E-state index contributed by atoms with van der Waals surface area (Å²) in [4.78, 5) is 25.6. The minimum Gasteiger partial charge on any atom is -0.406 e. The summed E-state index contributed by atoms with van der Waals surface area (Å²) in [6.07, 6.45) is -1.20. The van der Waals surface area contributed by atoms with Crippen molar-refractivity contribution in [1.29, 1.82) is 0 Å². The zero-order chi connectivity index (χ0) is 15.3. The van der Waals surface area contributed by atoms with Crippen LogP contribution in [0.5, 0.6) is 11.5 Å². The first-order chi connectivity index (χ1) is 9.35. The van der Waals surface area contributed by atoms with E-state index in [-0.39, 0.29) is 18.1 Å². The van der Waals surface area contributed by atoms with Crippen LogP contribution in [-0.2, 0) is 6.61 Å². The van der Waals surface area contributed by atoms with Gasteiger partial charge < -0.3 is 24.4 Å². The van der Waals surface area contributed by atoms with Crippen molar-refractivity contribution in [3.8, 4) is 11.5 Å². The molecule has 0 saturated heterocycles. The Labute approximate surface area is 117 Å². The van der Waals surface area contributed by atoms with Crippen LogP contribution >= 0.6 is 0 Å². The van der Waals surface area contributed by atoms with Gasteiger partial charge in [0.2, 0.25) is 0 Å². The Kier molecular flexibility index (Phi) is 5.33. The van der Waals surface area contributed by atoms with Crippen molar-refractivity contribution in [2.75, 3.05) is 28.2 Å². The maximum atomic E-state index is 11.6. The van der Waals surface area contributed by atoms with Crippen LogP contribution < -0.4 is 9.47 Å². The molecule has 20 heavy (non-hydrogen) atoms. The number of nitrogens with zero attached hydrogens (tertiary/aromatic N) is 2. The summed E-state index contributed by atoms with van der Waals surface area (Å²) < 4.78 is 10.2. The molecule has 0 bridgehead atoms. The molecule has 0 atom stereocenters. The molecule has 0 aliphatic carbocycles. The molecule has 1 rings (SSSR count). The second kappa shape index (κ2) is 6.76. The SMILES string of the molecule is CN(C)C(=O)Oc1ccc(CO)cc1OC(=O)N(C)C. The van der Waals surface area contributed by atoms with Gasteiger partial charge in [0.05, 0.1) is 6.61 Å². The molecule has 1 N–H and O–H groups in total. The molecule has 1 aromatic carbocycles. The van der Waals surface area contributed by atoms with Gasteiger partial charge in [-0.25, -0.2) is 9.59 Å². The number of ether oxygens (including phenoxy) is 2. The van der Waals surface area contributed by atoms with Crippen LogP contribution in [0.3, 0.4) is 0 Å². The molecule has 7 heteroatoms. The highest BCUT2D eigenvalue weighted by Crippen LogP contribution is 2.29. The lowest BCUT2D eigenvalue weighted by Crippen LogP contribution is -2.27. The van der Waals surface area contributed by atoms with E-state index in [9.17, 15) is 9.59 Å². The van der Waals surface area contributed by atoms with Crippen LogP contribution in [0.2, 0.25) is 0 Å². The number of hydrogen-bond donors (Lipinski definition) is 1. The van der Waals surface area contributed by atoms with E-state index in [1.807, 2.05) is 0 Å². The minimum atomic E-state index is -0.609. The number of carbonyl (C=O) groups is 2. The average Bonchev–Trinajstić information content (AvgIpc) is 2.40. The first kappa shape index (κ1) is 15.8. The summed E-state index contributed by atoms with van der Waals surface area (Å²) in [6.45, 7) is -0.214. The molecule has 0 unspecified atom stereocenters. The number of aliphatic hydroxyl groups is 1. The molecule has 7 nitrogen and oxygen atoms in total. The topological polar surface area (TPSA) is 79.3 Å². The van der Waals surface area contributed by atoms with Crippen molar-refractivity contribution in [2.24, 2.45) is 0 Å². The van der Waals surface area contributed by atoms with E-state index in [2.05, 4.69) is 0 Å². The normalized spacial score (nSPS) is 9.85. The average molecular weight is 282 g/mol. The lowest BCUT2D eigenvalue weighted by molar-refractivity contribution is 0.161. The quantitative estimate of drug-likeness (QED) is 0.904. The van der Waals surface area contributed by atoms with Gasteiger partial charge in [-0.2, -0.15) is 0 Å². The summed E-state index contributed by atoms with van der Waals surface area (Å²) >= 11 is 0. The van der Waals surface area contributed by atoms with Crippen LogP contribution in [0.1, 0.15) is 5.56 Å². The van der Waals surface area contributed by atoms with Gasteiger partial charge in [0.15, 0.2) is 11.5 Å². The van der Waals surface area contributed by atoms with Crippen LogP contribution in [0.4, 0.5) is 9.59 Å². The van der Waals surface area contributed by atoms with Crippen molar-refractivity contribution in [3.63, 3.8) is 0 Å². The molecule has 110 valence electrons.